The normalized spacial score (nSPS) is 19.5. The van der Waals surface area contributed by atoms with Crippen molar-refractivity contribution in [2.45, 2.75) is 38.8 Å². The molecule has 1 saturated heterocycles. The molecule has 0 aromatic heterocycles. The van der Waals surface area contributed by atoms with Crippen molar-refractivity contribution < 1.29 is 14.3 Å². The maximum absolute atomic E-state index is 13.1. The molecule has 1 aliphatic rings. The summed E-state index contributed by atoms with van der Waals surface area (Å²) >= 11 is 0. The molecule has 0 bridgehead atoms. The van der Waals surface area contributed by atoms with E-state index in [1.165, 1.54) is 6.92 Å². The fraction of sp³-hybridized carbons (Fsp3) is 0.391. The largest absolute Gasteiger partial charge is 0.361 e. The lowest BCUT2D eigenvalue weighted by Gasteiger charge is -2.41. The van der Waals surface area contributed by atoms with Crippen molar-refractivity contribution in [1.82, 2.24) is 10.2 Å². The molecule has 1 N–H and O–H groups in total. The van der Waals surface area contributed by atoms with Gasteiger partial charge < -0.3 is 15.0 Å². The zero-order chi connectivity index (χ0) is 20.1. The first kappa shape index (κ1) is 20.1. The van der Waals surface area contributed by atoms with Gasteiger partial charge in [0.25, 0.3) is 5.91 Å². The topological polar surface area (TPSA) is 58.6 Å². The minimum absolute atomic E-state index is 0.00340. The van der Waals surface area contributed by atoms with E-state index in [-0.39, 0.29) is 24.4 Å². The molecule has 2 aromatic rings. The summed E-state index contributed by atoms with van der Waals surface area (Å²) in [4.78, 5) is 26.7. The van der Waals surface area contributed by atoms with Gasteiger partial charge in [0, 0.05) is 25.9 Å². The third kappa shape index (κ3) is 4.60. The molecular weight excluding hydrogens is 352 g/mol. The van der Waals surface area contributed by atoms with E-state index in [1.807, 2.05) is 44.2 Å². The summed E-state index contributed by atoms with van der Waals surface area (Å²) in [6.45, 7) is 6.50. The summed E-state index contributed by atoms with van der Waals surface area (Å²) < 4.78 is 6.05. The first-order valence-corrected chi connectivity index (χ1v) is 9.74. The Hall–Kier alpha value is -2.66. The van der Waals surface area contributed by atoms with Crippen LogP contribution in [0.15, 0.2) is 54.6 Å². The van der Waals surface area contributed by atoms with Crippen molar-refractivity contribution in [2.75, 3.05) is 19.7 Å². The fourth-order valence-electron chi connectivity index (χ4n) is 3.59. The van der Waals surface area contributed by atoms with Crippen LogP contribution in [0.4, 0.5) is 0 Å². The van der Waals surface area contributed by atoms with E-state index in [0.29, 0.717) is 19.6 Å². The second-order valence-electron chi connectivity index (χ2n) is 7.65. The number of amides is 2. The minimum Gasteiger partial charge on any atom is -0.361 e. The maximum atomic E-state index is 13.1. The van der Waals surface area contributed by atoms with E-state index in [4.69, 9.17) is 4.74 Å². The number of hydrogen-bond donors (Lipinski definition) is 1. The molecule has 0 aliphatic carbocycles. The number of hydrogen-bond acceptors (Lipinski definition) is 3. The molecular formula is C23H28N2O3. The van der Waals surface area contributed by atoms with Gasteiger partial charge in [0.1, 0.15) is 0 Å². The van der Waals surface area contributed by atoms with E-state index < -0.39 is 5.60 Å². The Morgan fingerprint density at radius 1 is 1.11 bits per heavy atom. The number of rotatable bonds is 5. The smallest absolute Gasteiger partial charge is 0.254 e. The molecule has 1 fully saturated rings. The number of nitrogens with zero attached hydrogens (tertiary/aromatic N) is 1. The van der Waals surface area contributed by atoms with Crippen LogP contribution in [0.25, 0.3) is 11.1 Å². The molecule has 0 radical (unpaired) electrons. The van der Waals surface area contributed by atoms with Crippen LogP contribution in [0.1, 0.15) is 26.3 Å². The molecule has 1 atom stereocenters. The summed E-state index contributed by atoms with van der Waals surface area (Å²) in [5.41, 5.74) is 2.14. The van der Waals surface area contributed by atoms with E-state index in [1.54, 1.807) is 4.90 Å². The van der Waals surface area contributed by atoms with Crippen molar-refractivity contribution in [3.05, 3.63) is 60.2 Å². The lowest BCUT2D eigenvalue weighted by molar-refractivity contribution is -0.165. The van der Waals surface area contributed by atoms with E-state index in [9.17, 15) is 9.59 Å². The number of nitrogens with one attached hydrogen (secondary N) is 1. The highest BCUT2D eigenvalue weighted by atomic mass is 16.5. The average molecular weight is 380 g/mol. The molecule has 0 spiro atoms. The second kappa shape index (κ2) is 8.57. The second-order valence-corrected chi connectivity index (χ2v) is 7.65. The first-order valence-electron chi connectivity index (χ1n) is 9.74. The quantitative estimate of drug-likeness (QED) is 0.867. The highest BCUT2D eigenvalue weighted by Crippen LogP contribution is 2.27. The zero-order valence-corrected chi connectivity index (χ0v) is 16.8. The Morgan fingerprint density at radius 2 is 1.82 bits per heavy atom. The number of carbonyl (C=O) groups is 2. The van der Waals surface area contributed by atoms with Crippen LogP contribution in [-0.4, -0.2) is 48.1 Å². The predicted molar refractivity (Wildman–Crippen MR) is 110 cm³/mol. The number of morpholine rings is 1. The maximum Gasteiger partial charge on any atom is 0.254 e. The summed E-state index contributed by atoms with van der Waals surface area (Å²) in [5.74, 6) is -0.207. The molecule has 5 nitrogen and oxygen atoms in total. The van der Waals surface area contributed by atoms with Crippen molar-refractivity contribution in [1.29, 1.82) is 0 Å². The van der Waals surface area contributed by atoms with Crippen molar-refractivity contribution in [2.24, 2.45) is 0 Å². The summed E-state index contributed by atoms with van der Waals surface area (Å²) in [6, 6.07) is 18.3. The van der Waals surface area contributed by atoms with E-state index in [2.05, 4.69) is 29.6 Å². The Balaban J connectivity index is 1.91. The standard InChI is InChI=1S/C23H28N2O3/c1-17(2)24-22(27)23(16-25(18(3)26)12-13-28-23)15-19-8-7-11-21(14-19)20-9-5-4-6-10-20/h4-11,14,17H,12-13,15-16H2,1-3H3,(H,24,27). The molecule has 0 saturated carbocycles. The lowest BCUT2D eigenvalue weighted by atomic mass is 9.89. The third-order valence-corrected chi connectivity index (χ3v) is 4.99. The van der Waals surface area contributed by atoms with Crippen LogP contribution in [0.3, 0.4) is 0 Å². The van der Waals surface area contributed by atoms with Crippen LogP contribution >= 0.6 is 0 Å². The van der Waals surface area contributed by atoms with Crippen LogP contribution in [0, 0.1) is 0 Å². The molecule has 3 rings (SSSR count). The van der Waals surface area contributed by atoms with Gasteiger partial charge in [-0.15, -0.1) is 0 Å². The molecule has 28 heavy (non-hydrogen) atoms. The summed E-state index contributed by atoms with van der Waals surface area (Å²) in [6.07, 6.45) is 0.413. The molecule has 5 heteroatoms. The van der Waals surface area contributed by atoms with Gasteiger partial charge in [0.2, 0.25) is 5.91 Å². The summed E-state index contributed by atoms with van der Waals surface area (Å²) in [7, 11) is 0. The zero-order valence-electron chi connectivity index (χ0n) is 16.8. The van der Waals surface area contributed by atoms with Crippen molar-refractivity contribution in [3.63, 3.8) is 0 Å². The Morgan fingerprint density at radius 3 is 2.50 bits per heavy atom. The average Bonchev–Trinajstić information content (AvgIpc) is 2.68. The van der Waals surface area contributed by atoms with Crippen molar-refractivity contribution >= 4 is 11.8 Å². The molecule has 1 heterocycles. The monoisotopic (exact) mass is 380 g/mol. The van der Waals surface area contributed by atoms with Crippen LogP contribution in [0.5, 0.6) is 0 Å². The van der Waals surface area contributed by atoms with Gasteiger partial charge >= 0.3 is 0 Å². The van der Waals surface area contributed by atoms with E-state index >= 15 is 0 Å². The molecule has 2 amide bonds. The molecule has 2 aromatic carbocycles. The third-order valence-electron chi connectivity index (χ3n) is 4.99. The summed E-state index contributed by atoms with van der Waals surface area (Å²) in [5, 5.41) is 2.98. The minimum atomic E-state index is -1.08. The Bertz CT molecular complexity index is 835. The Labute approximate surface area is 166 Å². The fourth-order valence-corrected chi connectivity index (χ4v) is 3.59. The highest BCUT2D eigenvalue weighted by molar-refractivity contribution is 5.87. The number of benzene rings is 2. The van der Waals surface area contributed by atoms with Gasteiger partial charge in [0.15, 0.2) is 5.60 Å². The van der Waals surface area contributed by atoms with Crippen molar-refractivity contribution in [3.8, 4) is 11.1 Å². The number of ether oxygens (including phenoxy) is 1. The predicted octanol–water partition coefficient (Wildman–Crippen LogP) is 3.04. The molecule has 1 aliphatic heterocycles. The lowest BCUT2D eigenvalue weighted by Crippen LogP contribution is -2.62. The molecule has 1 unspecified atom stereocenters. The van der Waals surface area contributed by atoms with Gasteiger partial charge in [-0.25, -0.2) is 0 Å². The highest BCUT2D eigenvalue weighted by Gasteiger charge is 2.44. The van der Waals surface area contributed by atoms with Crippen LogP contribution in [0.2, 0.25) is 0 Å². The van der Waals surface area contributed by atoms with E-state index in [0.717, 1.165) is 16.7 Å². The molecule has 148 valence electrons. The first-order chi connectivity index (χ1) is 13.4. The van der Waals surface area contributed by atoms with Gasteiger partial charge in [-0.1, -0.05) is 54.6 Å². The Kier molecular flexibility index (Phi) is 6.15. The van der Waals surface area contributed by atoms with Gasteiger partial charge in [-0.3, -0.25) is 9.59 Å². The van der Waals surface area contributed by atoms with Gasteiger partial charge in [0.05, 0.1) is 13.2 Å². The van der Waals surface area contributed by atoms with Gasteiger partial charge in [-0.2, -0.15) is 0 Å². The van der Waals surface area contributed by atoms with Crippen LogP contribution < -0.4 is 5.32 Å². The SMILES string of the molecule is CC(=O)N1CCOC(Cc2cccc(-c3ccccc3)c2)(C(=O)NC(C)C)C1. The number of carbonyl (C=O) groups excluding carboxylic acids is 2. The van der Waals surface area contributed by atoms with Gasteiger partial charge in [-0.05, 0) is 30.5 Å². The van der Waals surface area contributed by atoms with Crippen LogP contribution in [-0.2, 0) is 20.7 Å².